The molecule has 0 aliphatic carbocycles. The molecular formula is C17H30N6O. The lowest BCUT2D eigenvalue weighted by molar-refractivity contribution is -0.126. The molecule has 2 rings (SSSR count). The number of aromatic nitrogens is 2. The summed E-state index contributed by atoms with van der Waals surface area (Å²) in [5, 5.41) is 2.96. The third kappa shape index (κ3) is 5.42. The van der Waals surface area contributed by atoms with Crippen LogP contribution >= 0.6 is 0 Å². The molecule has 1 amide bonds. The average molecular weight is 334 g/mol. The maximum absolute atomic E-state index is 12.0. The summed E-state index contributed by atoms with van der Waals surface area (Å²) in [7, 11) is 0. The van der Waals surface area contributed by atoms with E-state index in [1.54, 1.807) is 19.3 Å². The molecule has 1 aliphatic rings. The highest BCUT2D eigenvalue weighted by Gasteiger charge is 2.26. The average Bonchev–Trinajstić information content (AvgIpc) is 2.60. The lowest BCUT2D eigenvalue weighted by atomic mass is 9.96. The normalized spacial score (nSPS) is 18.2. The van der Waals surface area contributed by atoms with Crippen molar-refractivity contribution in [3.05, 3.63) is 18.5 Å². The number of rotatable bonds is 8. The van der Waals surface area contributed by atoms with E-state index in [0.717, 1.165) is 51.5 Å². The summed E-state index contributed by atoms with van der Waals surface area (Å²) in [4.78, 5) is 25.3. The Kier molecular flexibility index (Phi) is 6.93. The van der Waals surface area contributed by atoms with Crippen molar-refractivity contribution in [1.82, 2.24) is 20.2 Å². The number of anilines is 1. The molecule has 0 radical (unpaired) electrons. The van der Waals surface area contributed by atoms with Gasteiger partial charge in [0, 0.05) is 45.1 Å². The van der Waals surface area contributed by atoms with Crippen molar-refractivity contribution in [3.63, 3.8) is 0 Å². The van der Waals surface area contributed by atoms with E-state index < -0.39 is 5.54 Å². The van der Waals surface area contributed by atoms with Gasteiger partial charge in [-0.05, 0) is 32.4 Å². The number of nitrogens with zero attached hydrogens (tertiary/aromatic N) is 4. The van der Waals surface area contributed by atoms with Gasteiger partial charge in [0.1, 0.15) is 0 Å². The minimum Gasteiger partial charge on any atom is -0.354 e. The van der Waals surface area contributed by atoms with Gasteiger partial charge in [-0.3, -0.25) is 9.69 Å². The predicted molar refractivity (Wildman–Crippen MR) is 95.8 cm³/mol. The molecule has 1 unspecified atom stereocenters. The molecule has 0 saturated carbocycles. The smallest absolute Gasteiger partial charge is 0.239 e. The molecule has 24 heavy (non-hydrogen) atoms. The van der Waals surface area contributed by atoms with Crippen LogP contribution < -0.4 is 16.0 Å². The van der Waals surface area contributed by atoms with E-state index >= 15 is 0 Å². The van der Waals surface area contributed by atoms with Crippen LogP contribution in [0.25, 0.3) is 0 Å². The van der Waals surface area contributed by atoms with Crippen LogP contribution in [0.5, 0.6) is 0 Å². The third-order valence-electron chi connectivity index (χ3n) is 4.43. The Morgan fingerprint density at radius 3 is 2.58 bits per heavy atom. The van der Waals surface area contributed by atoms with Crippen LogP contribution in [0.1, 0.15) is 33.1 Å². The molecule has 3 N–H and O–H groups in total. The number of amides is 1. The van der Waals surface area contributed by atoms with Crippen molar-refractivity contribution in [2.24, 2.45) is 5.73 Å². The molecule has 2 heterocycles. The second-order valence-corrected chi connectivity index (χ2v) is 6.65. The standard InChI is InChI=1S/C17H30N6O/c1-3-6-17(2,18)15(24)19-9-5-10-22-11-13-23(14-12-22)16-20-7-4-8-21-16/h4,7-8H,3,5-6,9-14,18H2,1-2H3,(H,19,24). The van der Waals surface area contributed by atoms with E-state index in [1.165, 1.54) is 0 Å². The zero-order chi connectivity index (χ0) is 17.4. The monoisotopic (exact) mass is 334 g/mol. The molecule has 7 nitrogen and oxygen atoms in total. The van der Waals surface area contributed by atoms with E-state index in [-0.39, 0.29) is 5.91 Å². The highest BCUT2D eigenvalue weighted by atomic mass is 16.2. The summed E-state index contributed by atoms with van der Waals surface area (Å²) in [6.07, 6.45) is 6.12. The van der Waals surface area contributed by atoms with Gasteiger partial charge in [-0.1, -0.05) is 13.3 Å². The summed E-state index contributed by atoms with van der Waals surface area (Å²) < 4.78 is 0. The Morgan fingerprint density at radius 1 is 1.29 bits per heavy atom. The van der Waals surface area contributed by atoms with Crippen LogP contribution in [0.2, 0.25) is 0 Å². The van der Waals surface area contributed by atoms with Crippen molar-refractivity contribution >= 4 is 11.9 Å². The van der Waals surface area contributed by atoms with E-state index in [9.17, 15) is 4.79 Å². The van der Waals surface area contributed by atoms with Gasteiger partial charge in [0.2, 0.25) is 11.9 Å². The van der Waals surface area contributed by atoms with Gasteiger partial charge in [-0.25, -0.2) is 9.97 Å². The largest absolute Gasteiger partial charge is 0.354 e. The molecule has 1 aromatic rings. The Morgan fingerprint density at radius 2 is 1.96 bits per heavy atom. The highest BCUT2D eigenvalue weighted by molar-refractivity contribution is 5.85. The fourth-order valence-electron chi connectivity index (χ4n) is 2.97. The van der Waals surface area contributed by atoms with Gasteiger partial charge in [0.15, 0.2) is 0 Å². The Bertz CT molecular complexity index is 499. The molecule has 1 fully saturated rings. The minimum absolute atomic E-state index is 0.0459. The molecule has 0 spiro atoms. The van der Waals surface area contributed by atoms with E-state index in [4.69, 9.17) is 5.73 Å². The van der Waals surface area contributed by atoms with Crippen molar-refractivity contribution in [3.8, 4) is 0 Å². The first-order chi connectivity index (χ1) is 11.5. The maximum Gasteiger partial charge on any atom is 0.239 e. The van der Waals surface area contributed by atoms with Crippen LogP contribution in [0.3, 0.4) is 0 Å². The second-order valence-electron chi connectivity index (χ2n) is 6.65. The van der Waals surface area contributed by atoms with Crippen molar-refractivity contribution in [1.29, 1.82) is 0 Å². The summed E-state index contributed by atoms with van der Waals surface area (Å²) in [5.74, 6) is 0.762. The van der Waals surface area contributed by atoms with E-state index in [0.29, 0.717) is 13.0 Å². The van der Waals surface area contributed by atoms with Gasteiger partial charge in [-0.15, -0.1) is 0 Å². The van der Waals surface area contributed by atoms with Gasteiger partial charge in [0.25, 0.3) is 0 Å². The molecule has 1 aromatic heterocycles. The third-order valence-corrected chi connectivity index (χ3v) is 4.43. The first kappa shape index (κ1) is 18.6. The van der Waals surface area contributed by atoms with Crippen molar-refractivity contribution < 1.29 is 4.79 Å². The predicted octanol–water partition coefficient (Wildman–Crippen LogP) is 0.622. The lowest BCUT2D eigenvalue weighted by Crippen LogP contribution is -2.52. The van der Waals surface area contributed by atoms with Crippen molar-refractivity contribution in [2.75, 3.05) is 44.2 Å². The first-order valence-electron chi connectivity index (χ1n) is 8.84. The van der Waals surface area contributed by atoms with Crippen LogP contribution in [0.15, 0.2) is 18.5 Å². The number of nitrogens with two attached hydrogens (primary N) is 1. The molecule has 0 aromatic carbocycles. The zero-order valence-corrected chi connectivity index (χ0v) is 14.9. The number of hydrogen-bond acceptors (Lipinski definition) is 6. The molecular weight excluding hydrogens is 304 g/mol. The molecule has 134 valence electrons. The Hall–Kier alpha value is -1.73. The number of nitrogens with one attached hydrogen (secondary N) is 1. The van der Waals surface area contributed by atoms with Gasteiger partial charge < -0.3 is 16.0 Å². The number of carbonyl (C=O) groups excluding carboxylic acids is 1. The van der Waals surface area contributed by atoms with Crippen LogP contribution in [0.4, 0.5) is 5.95 Å². The number of hydrogen-bond donors (Lipinski definition) is 2. The minimum atomic E-state index is -0.754. The highest BCUT2D eigenvalue weighted by Crippen LogP contribution is 2.10. The fourth-order valence-corrected chi connectivity index (χ4v) is 2.97. The van der Waals surface area contributed by atoms with Gasteiger partial charge in [0.05, 0.1) is 5.54 Å². The SMILES string of the molecule is CCCC(C)(N)C(=O)NCCCN1CCN(c2ncccn2)CC1. The summed E-state index contributed by atoms with van der Waals surface area (Å²) >= 11 is 0. The molecule has 1 aliphatic heterocycles. The fraction of sp³-hybridized carbons (Fsp3) is 0.706. The first-order valence-corrected chi connectivity index (χ1v) is 8.84. The molecule has 1 saturated heterocycles. The summed E-state index contributed by atoms with van der Waals surface area (Å²) in [6.45, 7) is 9.38. The Labute approximate surface area is 144 Å². The van der Waals surface area contributed by atoms with Gasteiger partial charge in [-0.2, -0.15) is 0 Å². The van der Waals surface area contributed by atoms with Crippen molar-refractivity contribution in [2.45, 2.75) is 38.6 Å². The number of carbonyl (C=O) groups is 1. The van der Waals surface area contributed by atoms with Crippen LogP contribution in [0, 0.1) is 0 Å². The lowest BCUT2D eigenvalue weighted by Gasteiger charge is -2.34. The van der Waals surface area contributed by atoms with Gasteiger partial charge >= 0.3 is 0 Å². The Balaban J connectivity index is 1.62. The van der Waals surface area contributed by atoms with E-state index in [2.05, 4.69) is 25.1 Å². The maximum atomic E-state index is 12.0. The summed E-state index contributed by atoms with van der Waals surface area (Å²) in [6, 6.07) is 1.83. The van der Waals surface area contributed by atoms with Crippen LogP contribution in [-0.4, -0.2) is 65.6 Å². The van der Waals surface area contributed by atoms with Crippen LogP contribution in [-0.2, 0) is 4.79 Å². The molecule has 1 atom stereocenters. The molecule has 0 bridgehead atoms. The quantitative estimate of drug-likeness (QED) is 0.678. The summed E-state index contributed by atoms with van der Waals surface area (Å²) in [5.41, 5.74) is 5.27. The number of piperazine rings is 1. The second kappa shape index (κ2) is 8.94. The van der Waals surface area contributed by atoms with E-state index in [1.807, 2.05) is 13.0 Å². The topological polar surface area (TPSA) is 87.4 Å². The zero-order valence-electron chi connectivity index (χ0n) is 14.9. The molecule has 7 heteroatoms.